The lowest BCUT2D eigenvalue weighted by Crippen LogP contribution is -2.76. The summed E-state index contributed by atoms with van der Waals surface area (Å²) in [6.45, 7) is 17.3. The van der Waals surface area contributed by atoms with E-state index in [1.807, 2.05) is 46.8 Å². The summed E-state index contributed by atoms with van der Waals surface area (Å²) in [6, 6.07) is 2.87. The van der Waals surface area contributed by atoms with Crippen LogP contribution in [-0.4, -0.2) is 90.2 Å². The van der Waals surface area contributed by atoms with Crippen LogP contribution in [0.15, 0.2) is 54.3 Å². The molecule has 14 heteroatoms. The van der Waals surface area contributed by atoms with Gasteiger partial charge >= 0.3 is 11.9 Å². The molecule has 0 radical (unpaired) electrons. The van der Waals surface area contributed by atoms with Crippen LogP contribution in [0.25, 0.3) is 0 Å². The number of carbonyl (C=O) groups excluding carboxylic acids is 2. The SMILES string of the molecule is S=PI.[3H]O[C@@H](C(=O)O[C@H]1C[C@@]2(O)[C@@H](C)[C@H]3[C@@](C)(C=C[C@H]4OC[C@]43OC(C)=O)[C@@H]3O[C@H](C=C)O[C@@H]3C(=C1C)C2(C)C)[C@@H](NC)c1ccc(C)cn1. The molecule has 2 saturated heterocycles. The molecule has 1 aromatic heterocycles. The molecular weight excluding hydrogens is 794 g/mol. The predicted molar refractivity (Wildman–Crippen MR) is 199 cm³/mol. The molecule has 1 saturated carbocycles. The summed E-state index contributed by atoms with van der Waals surface area (Å²) in [7, 11) is 1.66. The molecule has 2 bridgehead atoms. The first kappa shape index (κ1) is 38.1. The molecule has 2 aliphatic heterocycles. The maximum absolute atomic E-state index is 13.9. The molecule has 1 aromatic rings. The molecule has 50 heavy (non-hydrogen) atoms. The van der Waals surface area contributed by atoms with Gasteiger partial charge in [-0.15, -0.1) is 0 Å². The van der Waals surface area contributed by atoms with Gasteiger partial charge in [-0.1, -0.05) is 52.5 Å². The molecule has 12 atom stereocenters. The van der Waals surface area contributed by atoms with Crippen LogP contribution < -0.4 is 5.32 Å². The number of rotatable bonds is 8. The number of hydrogen-bond donors (Lipinski definition) is 3. The third-order valence-electron chi connectivity index (χ3n) is 11.8. The van der Waals surface area contributed by atoms with Gasteiger partial charge in [0.05, 0.1) is 23.9 Å². The van der Waals surface area contributed by atoms with E-state index in [4.69, 9.17) is 30.2 Å². The van der Waals surface area contributed by atoms with E-state index in [2.05, 4.69) is 63.7 Å². The van der Waals surface area contributed by atoms with Crippen molar-refractivity contribution in [1.29, 1.82) is 1.43 Å². The van der Waals surface area contributed by atoms with E-state index in [-0.39, 0.29) is 13.0 Å². The Morgan fingerprint density at radius 2 is 2.00 bits per heavy atom. The monoisotopic (exact) mass is 844 g/mol. The van der Waals surface area contributed by atoms with Gasteiger partial charge in [0.15, 0.2) is 18.0 Å². The Kier molecular flexibility index (Phi) is 11.1. The number of esters is 2. The first-order chi connectivity index (χ1) is 24.0. The second kappa shape index (κ2) is 14.6. The molecule has 0 spiro atoms. The summed E-state index contributed by atoms with van der Waals surface area (Å²) in [6.07, 6.45) is 2.56. The quantitative estimate of drug-likeness (QED) is 0.141. The highest BCUT2D eigenvalue weighted by atomic mass is 127. The van der Waals surface area contributed by atoms with Crippen LogP contribution in [0.4, 0.5) is 0 Å². The van der Waals surface area contributed by atoms with Gasteiger partial charge in [0.25, 0.3) is 0 Å². The van der Waals surface area contributed by atoms with Gasteiger partial charge in [-0.3, -0.25) is 9.78 Å². The van der Waals surface area contributed by atoms with Crippen LogP contribution in [0, 0.1) is 29.6 Å². The van der Waals surface area contributed by atoms with E-state index >= 15 is 0 Å². The van der Waals surface area contributed by atoms with Crippen LogP contribution in [0.1, 0.15) is 65.3 Å². The third kappa shape index (κ3) is 6.26. The number of pyridine rings is 1. The number of halogens is 1. The lowest BCUT2D eigenvalue weighted by molar-refractivity contribution is -0.306. The predicted octanol–water partition coefficient (Wildman–Crippen LogP) is 4.98. The summed E-state index contributed by atoms with van der Waals surface area (Å²) in [5, 5.41) is 21.2. The number of aromatic nitrogens is 1. The number of aryl methyl sites for hydroxylation is 1. The number of nitrogens with one attached hydrogen (secondary N) is 1. The number of fused-ring (bicyclic) bond motifs is 8. The zero-order valence-electron chi connectivity index (χ0n) is 30.7. The Bertz CT molecular complexity index is 1600. The van der Waals surface area contributed by atoms with Gasteiger partial charge in [-0.25, -0.2) is 4.79 Å². The molecule has 3 aliphatic carbocycles. The Balaban J connectivity index is 0.00000162. The first-order valence-corrected chi connectivity index (χ1v) is 21.4. The zero-order valence-corrected chi connectivity index (χ0v) is 33.5. The highest BCUT2D eigenvalue weighted by Gasteiger charge is 2.74. The lowest BCUT2D eigenvalue weighted by Gasteiger charge is -2.66. The number of carbonyl (C=O) groups is 2. The second-order valence-corrected chi connectivity index (χ2v) is 18.9. The Hall–Kier alpha value is -1.68. The number of likely N-dealkylation sites (N-methyl/N-ethyl adjacent to an activating group) is 1. The fourth-order valence-corrected chi connectivity index (χ4v) is 9.47. The third-order valence-corrected chi connectivity index (χ3v) is 11.8. The first-order valence-electron chi connectivity index (χ1n) is 17.2. The minimum atomic E-state index is -1.50. The summed E-state index contributed by atoms with van der Waals surface area (Å²) < 4.78 is 39.4. The van der Waals surface area contributed by atoms with E-state index in [1.165, 1.54) is 6.92 Å². The molecule has 0 aromatic carbocycles. The van der Waals surface area contributed by atoms with E-state index in [0.29, 0.717) is 5.69 Å². The van der Waals surface area contributed by atoms with Crippen molar-refractivity contribution in [3.8, 4) is 0 Å². The molecule has 3 N–H and O–H groups in total. The number of aliphatic hydroxyl groups is 2. The molecule has 3 heterocycles. The van der Waals surface area contributed by atoms with Crippen molar-refractivity contribution in [2.45, 2.75) is 109 Å². The Morgan fingerprint density at radius 3 is 2.54 bits per heavy atom. The normalized spacial score (nSPS) is 39.4. The number of aliphatic hydroxyl groups excluding tert-OH is 1. The zero-order chi connectivity index (χ0) is 37.7. The summed E-state index contributed by atoms with van der Waals surface area (Å²) >= 11 is 6.43. The van der Waals surface area contributed by atoms with Crippen LogP contribution in [0.5, 0.6) is 0 Å². The average molecular weight is 845 g/mol. The van der Waals surface area contributed by atoms with Gasteiger partial charge in [-0.2, -0.15) is 0 Å². The minimum Gasteiger partial charge on any atom is -0.456 e. The summed E-state index contributed by atoms with van der Waals surface area (Å²) in [5.74, 6) is -2.24. The van der Waals surface area contributed by atoms with Crippen molar-refractivity contribution in [2.75, 3.05) is 13.7 Å². The summed E-state index contributed by atoms with van der Waals surface area (Å²) in [4.78, 5) is 32.0. The molecule has 3 fully saturated rings. The van der Waals surface area contributed by atoms with Crippen molar-refractivity contribution in [3.05, 3.63) is 65.5 Å². The van der Waals surface area contributed by atoms with Crippen molar-refractivity contribution in [3.63, 3.8) is 0 Å². The van der Waals surface area contributed by atoms with E-state index in [0.717, 1.165) is 21.7 Å². The molecule has 0 unspecified atom stereocenters. The van der Waals surface area contributed by atoms with Crippen molar-refractivity contribution in [1.82, 2.24) is 10.3 Å². The Labute approximate surface area is 315 Å². The van der Waals surface area contributed by atoms with Crippen molar-refractivity contribution < 1.29 is 43.5 Å². The maximum atomic E-state index is 13.9. The average Bonchev–Trinajstić information content (AvgIpc) is 3.49. The maximum Gasteiger partial charge on any atom is 0.337 e. The molecule has 11 nitrogen and oxygen atoms in total. The highest BCUT2D eigenvalue weighted by Crippen LogP contribution is 2.66. The van der Waals surface area contributed by atoms with Gasteiger partial charge in [-0.05, 0) is 89.5 Å². The fraction of sp³-hybridized carbons (Fsp3) is 0.639. The van der Waals surface area contributed by atoms with Gasteiger partial charge < -0.3 is 39.2 Å². The van der Waals surface area contributed by atoms with Crippen LogP contribution >= 0.6 is 27.0 Å². The van der Waals surface area contributed by atoms with E-state index in [9.17, 15) is 14.7 Å². The molecule has 5 aliphatic rings. The van der Waals surface area contributed by atoms with Crippen molar-refractivity contribution >= 4 is 50.8 Å². The van der Waals surface area contributed by atoms with Crippen LogP contribution in [0.3, 0.4) is 0 Å². The minimum absolute atomic E-state index is 0.0427. The van der Waals surface area contributed by atoms with E-state index < -0.39 is 88.7 Å². The lowest BCUT2D eigenvalue weighted by atomic mass is 9.44. The number of hydrogen-bond acceptors (Lipinski definition) is 12. The molecular formula is C36H48IN2O9PS. The largest absolute Gasteiger partial charge is 0.456 e. The molecule has 6 rings (SSSR count). The fourth-order valence-electron chi connectivity index (χ4n) is 9.47. The number of nitrogens with zero attached hydrogens (tertiary/aromatic N) is 1. The van der Waals surface area contributed by atoms with E-state index in [1.54, 1.807) is 25.4 Å². The van der Waals surface area contributed by atoms with Gasteiger partial charge in [0.2, 0.25) is 1.43 Å². The smallest absolute Gasteiger partial charge is 0.337 e. The van der Waals surface area contributed by atoms with Gasteiger partial charge in [0.1, 0.15) is 24.4 Å². The second-order valence-electron chi connectivity index (χ2n) is 14.8. The highest BCUT2D eigenvalue weighted by molar-refractivity contribution is 14.2. The Morgan fingerprint density at radius 1 is 1.30 bits per heavy atom. The van der Waals surface area contributed by atoms with Crippen LogP contribution in [-0.2, 0) is 45.1 Å². The van der Waals surface area contributed by atoms with Gasteiger partial charge in [0, 0.05) is 41.3 Å². The summed E-state index contributed by atoms with van der Waals surface area (Å²) in [5.41, 5.74) is -1.29. The molecule has 0 amide bonds. The molecule has 274 valence electrons. The number of ether oxygens (including phenoxy) is 5. The topological polar surface area (TPSA) is 146 Å². The standard InChI is InChI=1S/C36H48N2O9.IPS/c1-10-25-45-29-26-19(3)23(44-32(41)28(40)27(37-9)22-12-11-18(2)16-38-22)15-36(42,33(26,6)7)20(4)30-34(8,31(29)46-25)14-13-24-35(30,17-43-24)47-21(5)39;1-2-3/h10-14,16,20,23-25,27-31,37,40,42H,1,15,17H2,2-9H3;/t20-,23-,24+,25+,27-,28+,29+,30-,31+,34+,35-,36+;/m0./s1/i40T;. The van der Waals surface area contributed by atoms with Crippen LogP contribution in [0.2, 0.25) is 0 Å². The van der Waals surface area contributed by atoms with Crippen molar-refractivity contribution in [2.24, 2.45) is 22.7 Å².